The van der Waals surface area contributed by atoms with Crippen molar-refractivity contribution in [2.45, 2.75) is 52.0 Å². The van der Waals surface area contributed by atoms with E-state index < -0.39 is 0 Å². The predicted molar refractivity (Wildman–Crippen MR) is 81.8 cm³/mol. The van der Waals surface area contributed by atoms with Crippen LogP contribution in [0.1, 0.15) is 46.5 Å². The van der Waals surface area contributed by atoms with E-state index in [1.165, 1.54) is 4.90 Å². The zero-order valence-electron chi connectivity index (χ0n) is 14.1. The number of hydrogen-bond acceptors (Lipinski definition) is 3. The molecule has 1 aliphatic carbocycles. The van der Waals surface area contributed by atoms with Crippen molar-refractivity contribution >= 4 is 17.7 Å². The van der Waals surface area contributed by atoms with E-state index in [1.54, 1.807) is 0 Å². The Labute approximate surface area is 132 Å². The van der Waals surface area contributed by atoms with Gasteiger partial charge in [-0.25, -0.2) is 4.90 Å². The van der Waals surface area contributed by atoms with Crippen LogP contribution in [0.15, 0.2) is 0 Å². The molecule has 0 aromatic carbocycles. The van der Waals surface area contributed by atoms with Crippen molar-refractivity contribution in [1.29, 1.82) is 0 Å². The van der Waals surface area contributed by atoms with Crippen molar-refractivity contribution in [3.63, 3.8) is 0 Å². The lowest BCUT2D eigenvalue weighted by Crippen LogP contribution is -3.12. The maximum atomic E-state index is 12.4. The molecule has 1 heterocycles. The van der Waals surface area contributed by atoms with E-state index in [2.05, 4.69) is 5.32 Å². The summed E-state index contributed by atoms with van der Waals surface area (Å²) in [7, 11) is 1.84. The van der Waals surface area contributed by atoms with Crippen LogP contribution in [0, 0.1) is 11.8 Å². The number of carbonyl (C=O) groups excluding carboxylic acids is 3. The number of fused-ring (bicyclic) bond motifs is 1. The lowest BCUT2D eigenvalue weighted by Gasteiger charge is -2.23. The number of imide groups is 1. The van der Waals surface area contributed by atoms with Gasteiger partial charge in [0.05, 0.1) is 18.9 Å². The van der Waals surface area contributed by atoms with Gasteiger partial charge in [-0.05, 0) is 33.6 Å². The standard InChI is InChI=1S/C16H27N3O3/c1-16(2,3)17-13(20)9-18(4)10-19-14(21)11-7-5-6-8-12(11)15(19)22/h11-12H,5-10H2,1-4H3,(H,17,20)/p+1/t11-,12+. The molecular weight excluding hydrogens is 282 g/mol. The van der Waals surface area contributed by atoms with Gasteiger partial charge in [0.25, 0.3) is 5.91 Å². The molecule has 6 nitrogen and oxygen atoms in total. The fourth-order valence-electron chi connectivity index (χ4n) is 3.45. The Balaban J connectivity index is 1.91. The molecule has 0 radical (unpaired) electrons. The summed E-state index contributed by atoms with van der Waals surface area (Å²) in [6.07, 6.45) is 3.72. The molecule has 0 aromatic heterocycles. The Kier molecular flexibility index (Phi) is 4.90. The van der Waals surface area contributed by atoms with Crippen LogP contribution < -0.4 is 10.2 Å². The number of amides is 3. The lowest BCUT2D eigenvalue weighted by atomic mass is 9.81. The highest BCUT2D eigenvalue weighted by Gasteiger charge is 2.49. The van der Waals surface area contributed by atoms with Crippen molar-refractivity contribution in [3.05, 3.63) is 0 Å². The van der Waals surface area contributed by atoms with E-state index in [1.807, 2.05) is 27.8 Å². The Morgan fingerprint density at radius 3 is 2.14 bits per heavy atom. The molecule has 1 aliphatic heterocycles. The van der Waals surface area contributed by atoms with Crippen molar-refractivity contribution in [3.8, 4) is 0 Å². The van der Waals surface area contributed by atoms with Gasteiger partial charge in [0, 0.05) is 5.54 Å². The van der Waals surface area contributed by atoms with Crippen LogP contribution in [-0.4, -0.2) is 48.4 Å². The highest BCUT2D eigenvalue weighted by molar-refractivity contribution is 6.05. The molecule has 6 heteroatoms. The molecule has 1 unspecified atom stereocenters. The molecule has 124 valence electrons. The second kappa shape index (κ2) is 6.36. The summed E-state index contributed by atoms with van der Waals surface area (Å²) in [6.45, 7) is 6.32. The minimum atomic E-state index is -0.272. The van der Waals surface area contributed by atoms with Gasteiger partial charge in [0.1, 0.15) is 0 Å². The third kappa shape index (κ3) is 3.85. The first-order valence-corrected chi connectivity index (χ1v) is 8.16. The second-order valence-corrected chi connectivity index (χ2v) is 7.69. The van der Waals surface area contributed by atoms with E-state index in [0.717, 1.165) is 30.6 Å². The second-order valence-electron chi connectivity index (χ2n) is 7.69. The fourth-order valence-corrected chi connectivity index (χ4v) is 3.45. The number of nitrogens with zero attached hydrogens (tertiary/aromatic N) is 1. The first-order valence-electron chi connectivity index (χ1n) is 8.16. The third-order valence-corrected chi connectivity index (χ3v) is 4.34. The monoisotopic (exact) mass is 310 g/mol. The van der Waals surface area contributed by atoms with E-state index in [9.17, 15) is 14.4 Å². The molecule has 1 saturated heterocycles. The SMILES string of the molecule is C[NH+](CC(=O)NC(C)(C)C)CN1C(=O)[C@H]2CCCC[C@H]2C1=O. The minimum Gasteiger partial charge on any atom is -0.347 e. The van der Waals surface area contributed by atoms with Crippen molar-refractivity contribution in [2.24, 2.45) is 11.8 Å². The van der Waals surface area contributed by atoms with Gasteiger partial charge in [0.2, 0.25) is 11.8 Å². The quantitative estimate of drug-likeness (QED) is 0.691. The van der Waals surface area contributed by atoms with Crippen molar-refractivity contribution < 1.29 is 19.3 Å². The number of likely N-dealkylation sites (tertiary alicyclic amines) is 1. The first-order chi connectivity index (χ1) is 10.2. The number of hydrogen-bond donors (Lipinski definition) is 2. The van der Waals surface area contributed by atoms with Gasteiger partial charge in [0.15, 0.2) is 13.2 Å². The van der Waals surface area contributed by atoms with E-state index in [4.69, 9.17) is 0 Å². The molecule has 3 atom stereocenters. The van der Waals surface area contributed by atoms with Crippen LogP contribution in [0.25, 0.3) is 0 Å². The van der Waals surface area contributed by atoms with Gasteiger partial charge in [-0.3, -0.25) is 14.4 Å². The summed E-state index contributed by atoms with van der Waals surface area (Å²) in [5.41, 5.74) is -0.272. The molecule has 2 N–H and O–H groups in total. The molecule has 0 bridgehead atoms. The van der Waals surface area contributed by atoms with Gasteiger partial charge in [-0.15, -0.1) is 0 Å². The Hall–Kier alpha value is -1.43. The van der Waals surface area contributed by atoms with Crippen LogP contribution in [0.3, 0.4) is 0 Å². The molecule has 0 spiro atoms. The summed E-state index contributed by atoms with van der Waals surface area (Å²) in [4.78, 5) is 38.9. The summed E-state index contributed by atoms with van der Waals surface area (Å²) in [5.74, 6) is -0.369. The van der Waals surface area contributed by atoms with Crippen molar-refractivity contribution in [1.82, 2.24) is 10.2 Å². The molecule has 2 aliphatic rings. The first kappa shape index (κ1) is 16.9. The number of likely N-dealkylation sites (N-methyl/N-ethyl adjacent to an activating group) is 1. The Bertz CT molecular complexity index is 446. The lowest BCUT2D eigenvalue weighted by molar-refractivity contribution is -0.879. The molecule has 3 amide bonds. The van der Waals surface area contributed by atoms with Crippen LogP contribution in [-0.2, 0) is 14.4 Å². The highest BCUT2D eigenvalue weighted by atomic mass is 16.2. The van der Waals surface area contributed by atoms with E-state index in [-0.39, 0.29) is 48.3 Å². The normalized spacial score (nSPS) is 26.8. The van der Waals surface area contributed by atoms with Gasteiger partial charge < -0.3 is 10.2 Å². The number of carbonyl (C=O) groups is 3. The van der Waals surface area contributed by atoms with E-state index in [0.29, 0.717) is 0 Å². The zero-order chi connectivity index (χ0) is 16.5. The van der Waals surface area contributed by atoms with Crippen LogP contribution in [0.4, 0.5) is 0 Å². The van der Waals surface area contributed by atoms with Gasteiger partial charge in [-0.1, -0.05) is 12.8 Å². The fraction of sp³-hybridized carbons (Fsp3) is 0.812. The maximum absolute atomic E-state index is 12.4. The van der Waals surface area contributed by atoms with Gasteiger partial charge >= 0.3 is 0 Å². The van der Waals surface area contributed by atoms with Crippen LogP contribution >= 0.6 is 0 Å². The number of rotatable bonds is 4. The maximum Gasteiger partial charge on any atom is 0.275 e. The molecule has 2 rings (SSSR count). The summed E-state index contributed by atoms with van der Waals surface area (Å²) < 4.78 is 0. The summed E-state index contributed by atoms with van der Waals surface area (Å²) in [6, 6.07) is 0. The summed E-state index contributed by atoms with van der Waals surface area (Å²) in [5, 5.41) is 2.90. The number of nitrogens with one attached hydrogen (secondary N) is 2. The molecule has 22 heavy (non-hydrogen) atoms. The molecule has 1 saturated carbocycles. The van der Waals surface area contributed by atoms with Crippen molar-refractivity contribution in [2.75, 3.05) is 20.3 Å². The Morgan fingerprint density at radius 1 is 1.18 bits per heavy atom. The van der Waals surface area contributed by atoms with Crippen LogP contribution in [0.2, 0.25) is 0 Å². The average Bonchev–Trinajstić information content (AvgIpc) is 2.62. The zero-order valence-corrected chi connectivity index (χ0v) is 14.1. The van der Waals surface area contributed by atoms with Gasteiger partial charge in [-0.2, -0.15) is 0 Å². The molecule has 0 aromatic rings. The Morgan fingerprint density at radius 2 is 1.68 bits per heavy atom. The summed E-state index contributed by atoms with van der Waals surface area (Å²) >= 11 is 0. The van der Waals surface area contributed by atoms with E-state index >= 15 is 0 Å². The third-order valence-electron chi connectivity index (χ3n) is 4.34. The molecule has 2 fully saturated rings. The van der Waals surface area contributed by atoms with Crippen LogP contribution in [0.5, 0.6) is 0 Å². The average molecular weight is 310 g/mol. The molecular formula is C16H28N3O3+. The minimum absolute atomic E-state index is 0.0368. The highest BCUT2D eigenvalue weighted by Crippen LogP contribution is 2.37. The number of quaternary nitrogens is 1. The largest absolute Gasteiger partial charge is 0.347 e. The predicted octanol–water partition coefficient (Wildman–Crippen LogP) is -0.451. The smallest absolute Gasteiger partial charge is 0.275 e. The topological polar surface area (TPSA) is 70.9 Å².